The summed E-state index contributed by atoms with van der Waals surface area (Å²) in [7, 11) is 0. The van der Waals surface area contributed by atoms with Gasteiger partial charge in [-0.05, 0) is 37.0 Å². The van der Waals surface area contributed by atoms with Gasteiger partial charge in [-0.2, -0.15) is 0 Å². The van der Waals surface area contributed by atoms with E-state index in [-0.39, 0.29) is 12.4 Å². The lowest BCUT2D eigenvalue weighted by Crippen LogP contribution is -2.26. The molecule has 4 heteroatoms. The highest BCUT2D eigenvalue weighted by molar-refractivity contribution is 5.35. The topological polar surface area (TPSA) is 80.9 Å². The molecule has 0 aliphatic carbocycles. The van der Waals surface area contributed by atoms with E-state index >= 15 is 0 Å². The first-order valence-electron chi connectivity index (χ1n) is 6.36. The van der Waals surface area contributed by atoms with Crippen molar-refractivity contribution in [3.05, 3.63) is 29.3 Å². The van der Waals surface area contributed by atoms with E-state index in [2.05, 4.69) is 0 Å². The van der Waals surface area contributed by atoms with Crippen molar-refractivity contribution in [1.82, 2.24) is 0 Å². The number of phenols is 1. The first kappa shape index (κ1) is 15.0. The molecule has 0 bridgehead atoms. The SMILES string of the molecule is CCCC(O)C(O)CCc1ccc(O)c(CO)c1. The monoisotopic (exact) mass is 254 g/mol. The minimum atomic E-state index is -0.726. The molecule has 4 nitrogen and oxygen atoms in total. The van der Waals surface area contributed by atoms with E-state index in [4.69, 9.17) is 5.11 Å². The van der Waals surface area contributed by atoms with E-state index < -0.39 is 12.2 Å². The molecule has 0 aromatic heterocycles. The number of benzene rings is 1. The van der Waals surface area contributed by atoms with Crippen LogP contribution in [0.3, 0.4) is 0 Å². The molecule has 2 unspecified atom stereocenters. The molecule has 0 aliphatic heterocycles. The van der Waals surface area contributed by atoms with Crippen LogP contribution in [0.15, 0.2) is 18.2 Å². The van der Waals surface area contributed by atoms with Gasteiger partial charge in [-0.1, -0.05) is 19.4 Å². The molecule has 0 spiro atoms. The number of hydrogen-bond donors (Lipinski definition) is 4. The van der Waals surface area contributed by atoms with Crippen molar-refractivity contribution >= 4 is 0 Å². The zero-order chi connectivity index (χ0) is 13.5. The van der Waals surface area contributed by atoms with Gasteiger partial charge in [-0.25, -0.2) is 0 Å². The quantitative estimate of drug-likeness (QED) is 0.592. The predicted molar refractivity (Wildman–Crippen MR) is 69.3 cm³/mol. The Labute approximate surface area is 108 Å². The Kier molecular flexibility index (Phi) is 6.12. The molecule has 0 fully saturated rings. The lowest BCUT2D eigenvalue weighted by molar-refractivity contribution is 0.00980. The lowest BCUT2D eigenvalue weighted by atomic mass is 10.00. The van der Waals surface area contributed by atoms with Crippen molar-refractivity contribution in [3.8, 4) is 5.75 Å². The van der Waals surface area contributed by atoms with Crippen LogP contribution in [0, 0.1) is 0 Å². The van der Waals surface area contributed by atoms with Crippen LogP contribution in [0.4, 0.5) is 0 Å². The highest BCUT2D eigenvalue weighted by atomic mass is 16.3. The van der Waals surface area contributed by atoms with Gasteiger partial charge in [0.15, 0.2) is 0 Å². The van der Waals surface area contributed by atoms with Gasteiger partial charge in [0.05, 0.1) is 18.8 Å². The Balaban J connectivity index is 2.53. The second kappa shape index (κ2) is 7.36. The van der Waals surface area contributed by atoms with E-state index in [0.29, 0.717) is 24.8 Å². The standard InChI is InChI=1S/C14H22O4/c1-2-3-13(17)14(18)7-5-10-4-6-12(16)11(8-10)9-15/h4,6,8,13-18H,2-3,5,7,9H2,1H3. The molecule has 0 aliphatic rings. The molecule has 0 saturated carbocycles. The second-order valence-electron chi connectivity index (χ2n) is 4.58. The summed E-state index contributed by atoms with van der Waals surface area (Å²) in [5, 5.41) is 37.8. The number of hydrogen-bond acceptors (Lipinski definition) is 4. The molecule has 0 heterocycles. The molecule has 1 aromatic carbocycles. The molecule has 0 saturated heterocycles. The molecular formula is C14H22O4. The molecule has 1 rings (SSSR count). The molecule has 0 radical (unpaired) electrons. The summed E-state index contributed by atoms with van der Waals surface area (Å²) in [5.74, 6) is 0.0767. The zero-order valence-corrected chi connectivity index (χ0v) is 10.7. The average molecular weight is 254 g/mol. The molecular weight excluding hydrogens is 232 g/mol. The van der Waals surface area contributed by atoms with Crippen LogP contribution in [0.25, 0.3) is 0 Å². The van der Waals surface area contributed by atoms with Crippen molar-refractivity contribution in [2.45, 2.75) is 51.4 Å². The number of aliphatic hydroxyl groups excluding tert-OH is 3. The van der Waals surface area contributed by atoms with Gasteiger partial charge in [0.25, 0.3) is 0 Å². The summed E-state index contributed by atoms with van der Waals surface area (Å²) >= 11 is 0. The van der Waals surface area contributed by atoms with Crippen molar-refractivity contribution < 1.29 is 20.4 Å². The summed E-state index contributed by atoms with van der Waals surface area (Å²) in [6, 6.07) is 5.01. The van der Waals surface area contributed by atoms with Crippen LogP contribution in [0.2, 0.25) is 0 Å². The molecule has 18 heavy (non-hydrogen) atoms. The van der Waals surface area contributed by atoms with Gasteiger partial charge >= 0.3 is 0 Å². The van der Waals surface area contributed by atoms with Crippen LogP contribution >= 0.6 is 0 Å². The molecule has 1 aromatic rings. The van der Waals surface area contributed by atoms with Gasteiger partial charge in [0.2, 0.25) is 0 Å². The first-order chi connectivity index (χ1) is 8.58. The van der Waals surface area contributed by atoms with E-state index in [9.17, 15) is 15.3 Å². The number of rotatable bonds is 7. The Morgan fingerprint density at radius 2 is 1.78 bits per heavy atom. The summed E-state index contributed by atoms with van der Waals surface area (Å²) in [5.41, 5.74) is 1.41. The van der Waals surface area contributed by atoms with E-state index in [1.54, 1.807) is 12.1 Å². The van der Waals surface area contributed by atoms with Crippen LogP contribution in [0.1, 0.15) is 37.3 Å². The minimum absolute atomic E-state index is 0.0767. The van der Waals surface area contributed by atoms with Gasteiger partial charge in [-0.3, -0.25) is 0 Å². The van der Waals surface area contributed by atoms with Crippen molar-refractivity contribution in [2.75, 3.05) is 0 Å². The highest BCUT2D eigenvalue weighted by Gasteiger charge is 2.15. The predicted octanol–water partition coefficient (Wildman–Crippen LogP) is 1.34. The molecule has 2 atom stereocenters. The van der Waals surface area contributed by atoms with Gasteiger partial charge < -0.3 is 20.4 Å². The Hall–Kier alpha value is -1.10. The number of aromatic hydroxyl groups is 1. The molecule has 0 amide bonds. The fourth-order valence-electron chi connectivity index (χ4n) is 1.92. The summed E-state index contributed by atoms with van der Waals surface area (Å²) in [6.45, 7) is 1.75. The van der Waals surface area contributed by atoms with Gasteiger partial charge in [-0.15, -0.1) is 0 Å². The van der Waals surface area contributed by atoms with Crippen LogP contribution < -0.4 is 0 Å². The lowest BCUT2D eigenvalue weighted by Gasteiger charge is -2.17. The average Bonchev–Trinajstić information content (AvgIpc) is 2.37. The Morgan fingerprint density at radius 3 is 2.39 bits per heavy atom. The second-order valence-corrected chi connectivity index (χ2v) is 4.58. The maximum Gasteiger partial charge on any atom is 0.121 e. The Bertz CT molecular complexity index is 365. The number of aliphatic hydroxyl groups is 3. The van der Waals surface area contributed by atoms with Crippen LogP contribution in [-0.2, 0) is 13.0 Å². The molecule has 102 valence electrons. The third-order valence-electron chi connectivity index (χ3n) is 3.07. The third-order valence-corrected chi connectivity index (χ3v) is 3.07. The molecule has 4 N–H and O–H groups in total. The maximum absolute atomic E-state index is 9.74. The van der Waals surface area contributed by atoms with Crippen molar-refractivity contribution in [3.63, 3.8) is 0 Å². The van der Waals surface area contributed by atoms with Gasteiger partial charge in [0.1, 0.15) is 5.75 Å². The van der Waals surface area contributed by atoms with E-state index in [0.717, 1.165) is 12.0 Å². The summed E-state index contributed by atoms with van der Waals surface area (Å²) < 4.78 is 0. The summed E-state index contributed by atoms with van der Waals surface area (Å²) in [4.78, 5) is 0. The van der Waals surface area contributed by atoms with Crippen LogP contribution in [0.5, 0.6) is 5.75 Å². The highest BCUT2D eigenvalue weighted by Crippen LogP contribution is 2.20. The first-order valence-corrected chi connectivity index (χ1v) is 6.36. The number of aryl methyl sites for hydroxylation is 1. The summed E-state index contributed by atoms with van der Waals surface area (Å²) in [6.07, 6.45) is 1.11. The normalized spacial score (nSPS) is 14.4. The van der Waals surface area contributed by atoms with Crippen molar-refractivity contribution in [2.24, 2.45) is 0 Å². The fraction of sp³-hybridized carbons (Fsp3) is 0.571. The van der Waals surface area contributed by atoms with Gasteiger partial charge in [0, 0.05) is 5.56 Å². The van der Waals surface area contributed by atoms with Crippen molar-refractivity contribution in [1.29, 1.82) is 0 Å². The zero-order valence-electron chi connectivity index (χ0n) is 10.7. The smallest absolute Gasteiger partial charge is 0.121 e. The fourth-order valence-corrected chi connectivity index (χ4v) is 1.92. The maximum atomic E-state index is 9.74. The third kappa shape index (κ3) is 4.29. The Morgan fingerprint density at radius 1 is 1.11 bits per heavy atom. The van der Waals surface area contributed by atoms with Crippen LogP contribution in [-0.4, -0.2) is 32.6 Å². The van der Waals surface area contributed by atoms with E-state index in [1.807, 2.05) is 6.92 Å². The largest absolute Gasteiger partial charge is 0.508 e. The van der Waals surface area contributed by atoms with E-state index in [1.165, 1.54) is 6.07 Å². The minimum Gasteiger partial charge on any atom is -0.508 e.